The van der Waals surface area contributed by atoms with Crippen molar-refractivity contribution in [3.8, 4) is 0 Å². The van der Waals surface area contributed by atoms with E-state index in [1.165, 1.54) is 50.3 Å². The first kappa shape index (κ1) is 26.0. The Kier molecular flexibility index (Phi) is 7.60. The molecule has 0 atom stereocenters. The number of benzene rings is 4. The van der Waals surface area contributed by atoms with Crippen LogP contribution in [0.2, 0.25) is 0 Å². The van der Waals surface area contributed by atoms with Crippen LogP contribution in [0.5, 0.6) is 0 Å². The number of hydrogen-bond donors (Lipinski definition) is 1. The quantitative estimate of drug-likeness (QED) is 0.326. The van der Waals surface area contributed by atoms with Gasteiger partial charge in [0.1, 0.15) is 0 Å². The maximum Gasteiger partial charge on any atom is 0.206 e. The van der Waals surface area contributed by atoms with Crippen LogP contribution in [0.1, 0.15) is 33.4 Å². The molecule has 0 aromatic heterocycles. The molecule has 0 saturated carbocycles. The highest BCUT2D eigenvalue weighted by atomic mass is 15.1. The lowest BCUT2D eigenvalue weighted by Crippen LogP contribution is -2.71. The van der Waals surface area contributed by atoms with Gasteiger partial charge in [0.25, 0.3) is 0 Å². The van der Waals surface area contributed by atoms with E-state index in [0.29, 0.717) is 0 Å². The molecule has 5 rings (SSSR count). The average molecular weight is 511 g/mol. The fourth-order valence-electron chi connectivity index (χ4n) is 4.97. The van der Waals surface area contributed by atoms with Crippen LogP contribution in [0.3, 0.4) is 0 Å². The maximum absolute atomic E-state index is 3.86. The Morgan fingerprint density at radius 1 is 0.667 bits per heavy atom. The van der Waals surface area contributed by atoms with Crippen LogP contribution >= 0.6 is 0 Å². The first-order chi connectivity index (χ1) is 18.9. The molecule has 4 aromatic carbocycles. The van der Waals surface area contributed by atoms with E-state index < -0.39 is 0 Å². The molecule has 0 fully saturated rings. The second-order valence-corrected chi connectivity index (χ2v) is 10.3. The Morgan fingerprint density at radius 3 is 1.72 bits per heavy atom. The number of rotatable bonds is 7. The fraction of sp³-hybridized carbons (Fsp3) is 0.139. The monoisotopic (exact) mass is 510 g/mol. The van der Waals surface area contributed by atoms with Gasteiger partial charge in [-0.25, -0.2) is 4.99 Å². The SMILES string of the molecule is C=Cc1ccc(C[NH+]=C2C=CC(=C(c3ccc(N(C)C)cc3)c3ccc(N(C)C)cc3)c3ccccc32)cc1. The Hall–Kier alpha value is -4.63. The van der Waals surface area contributed by atoms with Crippen molar-refractivity contribution in [1.29, 1.82) is 0 Å². The van der Waals surface area contributed by atoms with E-state index in [4.69, 9.17) is 0 Å². The molecule has 0 unspecified atom stereocenters. The molecule has 0 aliphatic heterocycles. The fourth-order valence-corrected chi connectivity index (χ4v) is 4.97. The van der Waals surface area contributed by atoms with Gasteiger partial charge in [-0.2, -0.15) is 0 Å². The minimum atomic E-state index is 0.759. The van der Waals surface area contributed by atoms with Gasteiger partial charge in [-0.15, -0.1) is 0 Å². The summed E-state index contributed by atoms with van der Waals surface area (Å²) in [5.74, 6) is 0. The van der Waals surface area contributed by atoms with E-state index in [2.05, 4.69) is 159 Å². The van der Waals surface area contributed by atoms with Crippen molar-refractivity contribution in [1.82, 2.24) is 0 Å². The molecule has 1 aliphatic carbocycles. The van der Waals surface area contributed by atoms with Crippen LogP contribution in [0.25, 0.3) is 17.2 Å². The molecular formula is C36H36N3+. The second kappa shape index (κ2) is 11.4. The van der Waals surface area contributed by atoms with Crippen molar-refractivity contribution in [2.45, 2.75) is 6.54 Å². The normalized spacial score (nSPS) is 13.2. The molecule has 194 valence electrons. The highest BCUT2D eigenvalue weighted by molar-refractivity contribution is 6.17. The van der Waals surface area contributed by atoms with Crippen molar-refractivity contribution in [2.75, 3.05) is 38.0 Å². The molecule has 0 amide bonds. The molecule has 39 heavy (non-hydrogen) atoms. The van der Waals surface area contributed by atoms with Crippen molar-refractivity contribution in [2.24, 2.45) is 0 Å². The van der Waals surface area contributed by atoms with Gasteiger partial charge in [-0.3, -0.25) is 0 Å². The average Bonchev–Trinajstić information content (AvgIpc) is 2.97. The lowest BCUT2D eigenvalue weighted by molar-refractivity contribution is -0.473. The number of fused-ring (bicyclic) bond motifs is 1. The number of nitrogens with one attached hydrogen (secondary N) is 1. The van der Waals surface area contributed by atoms with Gasteiger partial charge in [0.2, 0.25) is 5.71 Å². The predicted octanol–water partition coefficient (Wildman–Crippen LogP) is 6.06. The molecule has 1 aliphatic rings. The molecule has 0 saturated heterocycles. The highest BCUT2D eigenvalue weighted by Gasteiger charge is 2.22. The molecule has 3 nitrogen and oxygen atoms in total. The van der Waals surface area contributed by atoms with Gasteiger partial charge in [-0.1, -0.05) is 79.4 Å². The summed E-state index contributed by atoms with van der Waals surface area (Å²) >= 11 is 0. The van der Waals surface area contributed by atoms with Gasteiger partial charge in [0, 0.05) is 51.2 Å². The third-order valence-electron chi connectivity index (χ3n) is 7.24. The Morgan fingerprint density at radius 2 is 1.21 bits per heavy atom. The van der Waals surface area contributed by atoms with Crippen LogP contribution in [0.4, 0.5) is 11.4 Å². The first-order valence-corrected chi connectivity index (χ1v) is 13.3. The van der Waals surface area contributed by atoms with Crippen molar-refractivity contribution in [3.63, 3.8) is 0 Å². The topological polar surface area (TPSA) is 20.5 Å². The Labute approximate surface area is 232 Å². The minimum Gasteiger partial charge on any atom is -0.378 e. The summed E-state index contributed by atoms with van der Waals surface area (Å²) in [5.41, 5.74) is 13.2. The predicted molar refractivity (Wildman–Crippen MR) is 168 cm³/mol. The maximum atomic E-state index is 3.86. The van der Waals surface area contributed by atoms with E-state index >= 15 is 0 Å². The molecule has 3 heteroatoms. The summed E-state index contributed by atoms with van der Waals surface area (Å²) in [6.45, 7) is 4.62. The van der Waals surface area contributed by atoms with E-state index in [0.717, 1.165) is 17.8 Å². The summed E-state index contributed by atoms with van der Waals surface area (Å²) in [6.07, 6.45) is 6.36. The van der Waals surface area contributed by atoms with Gasteiger partial charge in [0.15, 0.2) is 6.54 Å². The molecule has 4 aromatic rings. The third-order valence-corrected chi connectivity index (χ3v) is 7.24. The first-order valence-electron chi connectivity index (χ1n) is 13.3. The van der Waals surface area contributed by atoms with Crippen LogP contribution in [-0.2, 0) is 6.54 Å². The molecule has 0 radical (unpaired) electrons. The second-order valence-electron chi connectivity index (χ2n) is 10.3. The van der Waals surface area contributed by atoms with Crippen molar-refractivity contribution < 1.29 is 4.99 Å². The molecule has 0 bridgehead atoms. The number of hydrogen-bond acceptors (Lipinski definition) is 2. The Bertz CT molecular complexity index is 1500. The summed E-state index contributed by atoms with van der Waals surface area (Å²) < 4.78 is 0. The van der Waals surface area contributed by atoms with Crippen LogP contribution in [0, 0.1) is 0 Å². The standard InChI is InChI=1S/C36H35N3/c1-6-26-11-13-27(14-12-26)25-37-35-24-23-34(32-9-7-8-10-33(32)35)36(28-15-19-30(20-16-28)38(2)3)29-17-21-31(22-18-29)39(4)5/h6-24H,1,25H2,2-5H3/p+1. The smallest absolute Gasteiger partial charge is 0.206 e. The van der Waals surface area contributed by atoms with E-state index in [1.807, 2.05) is 6.08 Å². The van der Waals surface area contributed by atoms with Gasteiger partial charge >= 0.3 is 0 Å². The van der Waals surface area contributed by atoms with Gasteiger partial charge in [0.05, 0.1) is 5.56 Å². The van der Waals surface area contributed by atoms with Gasteiger partial charge in [-0.05, 0) is 69.8 Å². The van der Waals surface area contributed by atoms with E-state index in [-0.39, 0.29) is 0 Å². The lowest BCUT2D eigenvalue weighted by Gasteiger charge is -2.21. The summed E-state index contributed by atoms with van der Waals surface area (Å²) in [6, 6.07) is 34.9. The van der Waals surface area contributed by atoms with Crippen LogP contribution in [0.15, 0.2) is 116 Å². The lowest BCUT2D eigenvalue weighted by atomic mass is 9.83. The number of allylic oxidation sites excluding steroid dienone is 3. The van der Waals surface area contributed by atoms with Crippen LogP contribution < -0.4 is 14.8 Å². The Balaban J connectivity index is 1.62. The third kappa shape index (κ3) is 5.63. The largest absolute Gasteiger partial charge is 0.378 e. The minimum absolute atomic E-state index is 0.759. The summed E-state index contributed by atoms with van der Waals surface area (Å²) in [4.78, 5) is 7.95. The van der Waals surface area contributed by atoms with Crippen LogP contribution in [-0.4, -0.2) is 33.9 Å². The van der Waals surface area contributed by atoms with Crippen molar-refractivity contribution in [3.05, 3.63) is 149 Å². The number of anilines is 2. The van der Waals surface area contributed by atoms with Gasteiger partial charge < -0.3 is 9.80 Å². The van der Waals surface area contributed by atoms with E-state index in [9.17, 15) is 0 Å². The van der Waals surface area contributed by atoms with Crippen molar-refractivity contribution >= 4 is 34.3 Å². The molecular weight excluding hydrogens is 474 g/mol. The zero-order valence-corrected chi connectivity index (χ0v) is 23.3. The van der Waals surface area contributed by atoms with E-state index in [1.54, 1.807) is 0 Å². The summed E-state index contributed by atoms with van der Waals surface area (Å²) in [7, 11) is 8.30. The zero-order chi connectivity index (χ0) is 27.4. The zero-order valence-electron chi connectivity index (χ0n) is 23.3. The molecule has 0 heterocycles. The highest BCUT2D eigenvalue weighted by Crippen LogP contribution is 2.37. The molecule has 0 spiro atoms. The molecule has 1 N–H and O–H groups in total. The number of nitrogens with zero attached hydrogens (tertiary/aromatic N) is 2. The summed E-state index contributed by atoms with van der Waals surface area (Å²) in [5, 5.41) is 0.